The molecule has 1 aliphatic carbocycles. The quantitative estimate of drug-likeness (QED) is 0.801. The Balaban J connectivity index is 1.51. The number of nitrogens with zero attached hydrogens (tertiary/aromatic N) is 1. The third-order valence-corrected chi connectivity index (χ3v) is 4.49. The van der Waals surface area contributed by atoms with E-state index in [1.807, 2.05) is 12.1 Å². The van der Waals surface area contributed by atoms with Crippen LogP contribution in [-0.2, 0) is 6.54 Å². The summed E-state index contributed by atoms with van der Waals surface area (Å²) in [7, 11) is 0. The van der Waals surface area contributed by atoms with Gasteiger partial charge in [-0.15, -0.1) is 0 Å². The molecule has 1 aliphatic heterocycles. The van der Waals surface area contributed by atoms with Crippen LogP contribution in [0.3, 0.4) is 0 Å². The SMILES string of the molecule is CCN(Cc1ccc(C(=O)NCC2CNC2)cc1)C1CC1. The topological polar surface area (TPSA) is 44.4 Å². The third-order valence-electron chi connectivity index (χ3n) is 4.49. The van der Waals surface area contributed by atoms with Crippen LogP contribution in [0.15, 0.2) is 24.3 Å². The first-order valence-corrected chi connectivity index (χ1v) is 8.08. The molecule has 1 aromatic rings. The molecule has 0 bridgehead atoms. The van der Waals surface area contributed by atoms with Gasteiger partial charge in [-0.25, -0.2) is 0 Å². The van der Waals surface area contributed by atoms with Gasteiger partial charge in [0.05, 0.1) is 0 Å². The van der Waals surface area contributed by atoms with E-state index < -0.39 is 0 Å². The van der Waals surface area contributed by atoms with Crippen LogP contribution in [0.5, 0.6) is 0 Å². The van der Waals surface area contributed by atoms with Gasteiger partial charge < -0.3 is 10.6 Å². The maximum absolute atomic E-state index is 12.1. The van der Waals surface area contributed by atoms with Gasteiger partial charge in [0.15, 0.2) is 0 Å². The van der Waals surface area contributed by atoms with Gasteiger partial charge in [-0.2, -0.15) is 0 Å². The van der Waals surface area contributed by atoms with E-state index in [0.717, 1.165) is 44.3 Å². The largest absolute Gasteiger partial charge is 0.352 e. The molecule has 1 heterocycles. The number of rotatable bonds is 7. The van der Waals surface area contributed by atoms with Gasteiger partial charge in [0.1, 0.15) is 0 Å². The third kappa shape index (κ3) is 3.83. The number of benzene rings is 1. The molecule has 2 fully saturated rings. The van der Waals surface area contributed by atoms with Gasteiger partial charge in [0.2, 0.25) is 0 Å². The smallest absolute Gasteiger partial charge is 0.251 e. The van der Waals surface area contributed by atoms with Crippen LogP contribution in [0.4, 0.5) is 0 Å². The van der Waals surface area contributed by atoms with Crippen LogP contribution in [0, 0.1) is 5.92 Å². The molecule has 0 unspecified atom stereocenters. The normalized spacial score (nSPS) is 18.6. The van der Waals surface area contributed by atoms with Gasteiger partial charge in [0.25, 0.3) is 5.91 Å². The zero-order valence-electron chi connectivity index (χ0n) is 12.8. The molecule has 1 saturated heterocycles. The Morgan fingerprint density at radius 1 is 1.29 bits per heavy atom. The summed E-state index contributed by atoms with van der Waals surface area (Å²) in [5, 5.41) is 6.23. The Hall–Kier alpha value is -1.39. The lowest BCUT2D eigenvalue weighted by molar-refractivity contribution is 0.0942. The van der Waals surface area contributed by atoms with E-state index >= 15 is 0 Å². The molecular formula is C17H25N3O. The van der Waals surface area contributed by atoms with Gasteiger partial charge in [-0.05, 0) is 37.1 Å². The van der Waals surface area contributed by atoms with Crippen LogP contribution in [-0.4, -0.2) is 43.0 Å². The van der Waals surface area contributed by atoms with Crippen LogP contribution in [0.25, 0.3) is 0 Å². The van der Waals surface area contributed by atoms with E-state index in [1.54, 1.807) is 0 Å². The highest BCUT2D eigenvalue weighted by Gasteiger charge is 2.27. The summed E-state index contributed by atoms with van der Waals surface area (Å²) >= 11 is 0. The highest BCUT2D eigenvalue weighted by molar-refractivity contribution is 5.94. The predicted octanol–water partition coefficient (Wildman–Crippen LogP) is 1.62. The van der Waals surface area contributed by atoms with Crippen molar-refractivity contribution in [1.82, 2.24) is 15.5 Å². The summed E-state index contributed by atoms with van der Waals surface area (Å²) in [6.07, 6.45) is 2.68. The predicted molar refractivity (Wildman–Crippen MR) is 84.2 cm³/mol. The monoisotopic (exact) mass is 287 g/mol. The van der Waals surface area contributed by atoms with Crippen molar-refractivity contribution in [2.45, 2.75) is 32.4 Å². The van der Waals surface area contributed by atoms with E-state index in [0.29, 0.717) is 5.92 Å². The summed E-state index contributed by atoms with van der Waals surface area (Å²) in [6, 6.07) is 8.86. The number of carbonyl (C=O) groups excluding carboxylic acids is 1. The molecule has 114 valence electrons. The molecule has 0 spiro atoms. The Bertz CT molecular complexity index is 477. The average Bonchev–Trinajstić information content (AvgIpc) is 3.28. The molecule has 4 heteroatoms. The standard InChI is InChI=1S/C17H25N3O/c1-2-20(16-7-8-16)12-13-3-5-15(6-4-13)17(21)19-11-14-9-18-10-14/h3-6,14,16,18H,2,7-12H2,1H3,(H,19,21). The Morgan fingerprint density at radius 3 is 2.52 bits per heavy atom. The molecule has 1 aromatic carbocycles. The lowest BCUT2D eigenvalue weighted by atomic mass is 10.0. The summed E-state index contributed by atoms with van der Waals surface area (Å²) < 4.78 is 0. The van der Waals surface area contributed by atoms with Gasteiger partial charge in [0, 0.05) is 43.7 Å². The number of carbonyl (C=O) groups is 1. The zero-order chi connectivity index (χ0) is 14.7. The fourth-order valence-corrected chi connectivity index (χ4v) is 2.77. The lowest BCUT2D eigenvalue weighted by Gasteiger charge is -2.27. The van der Waals surface area contributed by atoms with Crippen molar-refractivity contribution in [2.24, 2.45) is 5.92 Å². The minimum absolute atomic E-state index is 0.0444. The van der Waals surface area contributed by atoms with Crippen LogP contribution >= 0.6 is 0 Å². The van der Waals surface area contributed by atoms with Crippen LogP contribution in [0.1, 0.15) is 35.7 Å². The lowest BCUT2D eigenvalue weighted by Crippen LogP contribution is -2.48. The second-order valence-electron chi connectivity index (χ2n) is 6.23. The molecule has 0 aromatic heterocycles. The summed E-state index contributed by atoms with van der Waals surface area (Å²) in [5.74, 6) is 0.646. The van der Waals surface area contributed by atoms with E-state index in [9.17, 15) is 4.79 Å². The molecule has 0 radical (unpaired) electrons. The Kier molecular flexibility index (Phi) is 4.56. The molecular weight excluding hydrogens is 262 g/mol. The van der Waals surface area contributed by atoms with Crippen molar-refractivity contribution in [3.8, 4) is 0 Å². The van der Waals surface area contributed by atoms with Crippen molar-refractivity contribution >= 4 is 5.91 Å². The molecule has 2 N–H and O–H groups in total. The van der Waals surface area contributed by atoms with Crippen molar-refractivity contribution in [2.75, 3.05) is 26.2 Å². The van der Waals surface area contributed by atoms with Crippen LogP contribution in [0.2, 0.25) is 0 Å². The maximum atomic E-state index is 12.1. The van der Waals surface area contributed by atoms with Crippen molar-refractivity contribution < 1.29 is 4.79 Å². The fourth-order valence-electron chi connectivity index (χ4n) is 2.77. The van der Waals surface area contributed by atoms with Gasteiger partial charge in [-0.3, -0.25) is 9.69 Å². The molecule has 3 rings (SSSR count). The van der Waals surface area contributed by atoms with Crippen molar-refractivity contribution in [3.05, 3.63) is 35.4 Å². The molecule has 0 atom stereocenters. The number of hydrogen-bond acceptors (Lipinski definition) is 3. The fraction of sp³-hybridized carbons (Fsp3) is 0.588. The molecule has 21 heavy (non-hydrogen) atoms. The van der Waals surface area contributed by atoms with Crippen molar-refractivity contribution in [1.29, 1.82) is 0 Å². The highest BCUT2D eigenvalue weighted by Crippen LogP contribution is 2.27. The average molecular weight is 287 g/mol. The molecule has 1 amide bonds. The van der Waals surface area contributed by atoms with Crippen molar-refractivity contribution in [3.63, 3.8) is 0 Å². The van der Waals surface area contributed by atoms with Crippen LogP contribution < -0.4 is 10.6 Å². The molecule has 4 nitrogen and oxygen atoms in total. The van der Waals surface area contributed by atoms with Gasteiger partial charge in [-0.1, -0.05) is 19.1 Å². The summed E-state index contributed by atoms with van der Waals surface area (Å²) in [6.45, 7) is 7.13. The summed E-state index contributed by atoms with van der Waals surface area (Å²) in [5.41, 5.74) is 2.06. The minimum atomic E-state index is 0.0444. The first-order chi connectivity index (χ1) is 10.3. The van der Waals surface area contributed by atoms with E-state index in [4.69, 9.17) is 0 Å². The van der Waals surface area contributed by atoms with E-state index in [-0.39, 0.29) is 5.91 Å². The first kappa shape index (κ1) is 14.5. The first-order valence-electron chi connectivity index (χ1n) is 8.08. The van der Waals surface area contributed by atoms with E-state index in [1.165, 1.54) is 18.4 Å². The second kappa shape index (κ2) is 6.58. The maximum Gasteiger partial charge on any atom is 0.251 e. The summed E-state index contributed by atoms with van der Waals surface area (Å²) in [4.78, 5) is 14.6. The zero-order valence-corrected chi connectivity index (χ0v) is 12.8. The Labute approximate surface area is 126 Å². The number of nitrogens with one attached hydrogen (secondary N) is 2. The highest BCUT2D eigenvalue weighted by atomic mass is 16.1. The van der Waals surface area contributed by atoms with E-state index in [2.05, 4.69) is 34.6 Å². The minimum Gasteiger partial charge on any atom is -0.352 e. The van der Waals surface area contributed by atoms with Gasteiger partial charge >= 0.3 is 0 Å². The number of hydrogen-bond donors (Lipinski definition) is 2. The molecule has 2 aliphatic rings. The second-order valence-corrected chi connectivity index (χ2v) is 6.23. The Morgan fingerprint density at radius 2 is 2.00 bits per heavy atom. The number of amides is 1. The molecule has 1 saturated carbocycles.